The maximum absolute atomic E-state index is 13.2. The van der Waals surface area contributed by atoms with Crippen molar-refractivity contribution in [3.8, 4) is 11.5 Å². The molecule has 1 aliphatic rings. The summed E-state index contributed by atoms with van der Waals surface area (Å²) in [5.74, 6) is -1.14. The highest BCUT2D eigenvalue weighted by molar-refractivity contribution is 8.15. The number of rotatable bonds is 7. The molecule has 2 aromatic carbocycles. The van der Waals surface area contributed by atoms with Crippen molar-refractivity contribution < 1.29 is 24.5 Å². The van der Waals surface area contributed by atoms with E-state index in [2.05, 4.69) is 4.99 Å². The summed E-state index contributed by atoms with van der Waals surface area (Å²) in [4.78, 5) is 30.5. The van der Waals surface area contributed by atoms with Crippen LogP contribution in [0.25, 0.3) is 6.08 Å². The number of carboxylic acids is 1. The van der Waals surface area contributed by atoms with Crippen LogP contribution in [-0.4, -0.2) is 39.1 Å². The minimum absolute atomic E-state index is 0.0841. The molecular formula is C22H22N2O5S. The third kappa shape index (κ3) is 4.49. The highest BCUT2D eigenvalue weighted by Gasteiger charge is 2.34. The lowest BCUT2D eigenvalue weighted by Crippen LogP contribution is -2.32. The summed E-state index contributed by atoms with van der Waals surface area (Å²) in [6.07, 6.45) is 1.86. The van der Waals surface area contributed by atoms with E-state index in [1.807, 2.05) is 13.0 Å². The Morgan fingerprint density at radius 2 is 1.93 bits per heavy atom. The number of aliphatic imine (C=N–C) groups is 1. The summed E-state index contributed by atoms with van der Waals surface area (Å²) in [7, 11) is 0. The lowest BCUT2D eigenvalue weighted by molar-refractivity contribution is -0.136. The summed E-state index contributed by atoms with van der Waals surface area (Å²) < 4.78 is 5.39. The molecule has 1 atom stereocenters. The molecule has 1 unspecified atom stereocenters. The molecule has 0 aromatic heterocycles. The molecule has 0 radical (unpaired) electrons. The highest BCUT2D eigenvalue weighted by atomic mass is 32.2. The van der Waals surface area contributed by atoms with Crippen molar-refractivity contribution in [3.05, 3.63) is 59.8 Å². The van der Waals surface area contributed by atoms with Gasteiger partial charge in [-0.2, -0.15) is 0 Å². The predicted octanol–water partition coefficient (Wildman–Crippen LogP) is 4.13. The zero-order chi connectivity index (χ0) is 21.7. The molecule has 1 heterocycles. The van der Waals surface area contributed by atoms with Crippen LogP contribution in [0.1, 0.15) is 25.8 Å². The smallest absolute Gasteiger partial charge is 0.317 e. The molecule has 0 saturated carbocycles. The Bertz CT molecular complexity index is 1000. The Morgan fingerprint density at radius 1 is 1.20 bits per heavy atom. The highest BCUT2D eigenvalue weighted by Crippen LogP contribution is 2.35. The quantitative estimate of drug-likeness (QED) is 0.646. The summed E-state index contributed by atoms with van der Waals surface area (Å²) >= 11 is 1.02. The minimum Gasteiger partial charge on any atom is -0.504 e. The number of aliphatic carboxylic acids is 1. The van der Waals surface area contributed by atoms with E-state index in [4.69, 9.17) is 4.74 Å². The summed E-state index contributed by atoms with van der Waals surface area (Å²) in [5, 5.41) is 19.4. The first-order valence-electron chi connectivity index (χ1n) is 9.50. The maximum atomic E-state index is 13.2. The van der Waals surface area contributed by atoms with Crippen LogP contribution in [0.3, 0.4) is 0 Å². The SMILES string of the molecule is CCOc1cccc(/C=C2\N=C(SC(CC)C(=O)O)N(c3ccccc3)C2=O)c1O. The first kappa shape index (κ1) is 21.4. The number of benzene rings is 2. The van der Waals surface area contributed by atoms with E-state index in [-0.39, 0.29) is 16.6 Å². The van der Waals surface area contributed by atoms with E-state index in [0.717, 1.165) is 11.8 Å². The molecule has 30 heavy (non-hydrogen) atoms. The van der Waals surface area contributed by atoms with Gasteiger partial charge in [-0.1, -0.05) is 49.0 Å². The monoisotopic (exact) mass is 426 g/mol. The summed E-state index contributed by atoms with van der Waals surface area (Å²) in [6, 6.07) is 13.9. The average molecular weight is 426 g/mol. The normalized spacial score (nSPS) is 15.9. The number of nitrogens with zero attached hydrogens (tertiary/aromatic N) is 2. The van der Waals surface area contributed by atoms with Gasteiger partial charge in [0.15, 0.2) is 16.7 Å². The Hall–Kier alpha value is -3.26. The van der Waals surface area contributed by atoms with Crippen LogP contribution in [0.5, 0.6) is 11.5 Å². The van der Waals surface area contributed by atoms with Gasteiger partial charge in [0.05, 0.1) is 12.3 Å². The number of hydrogen-bond acceptors (Lipinski definition) is 6. The second kappa shape index (κ2) is 9.49. The third-order valence-electron chi connectivity index (χ3n) is 4.36. The van der Waals surface area contributed by atoms with Crippen LogP contribution in [0.2, 0.25) is 0 Å². The number of amidine groups is 1. The fraction of sp³-hybridized carbons (Fsp3) is 0.227. The zero-order valence-corrected chi connectivity index (χ0v) is 17.4. The molecule has 156 valence electrons. The van der Waals surface area contributed by atoms with Crippen LogP contribution in [0.4, 0.5) is 5.69 Å². The Balaban J connectivity index is 2.03. The van der Waals surface area contributed by atoms with E-state index >= 15 is 0 Å². The summed E-state index contributed by atoms with van der Waals surface area (Å²) in [5.41, 5.74) is 1.08. The van der Waals surface area contributed by atoms with Crippen molar-refractivity contribution in [1.82, 2.24) is 0 Å². The fourth-order valence-corrected chi connectivity index (χ4v) is 3.86. The van der Waals surface area contributed by atoms with E-state index in [1.165, 1.54) is 11.0 Å². The molecule has 0 saturated heterocycles. The van der Waals surface area contributed by atoms with Gasteiger partial charge in [-0.25, -0.2) is 4.99 Å². The van der Waals surface area contributed by atoms with Crippen LogP contribution >= 0.6 is 11.8 Å². The number of carboxylic acid groups (broad SMARTS) is 1. The molecule has 3 rings (SSSR count). The van der Waals surface area contributed by atoms with Gasteiger partial charge in [0.25, 0.3) is 5.91 Å². The molecule has 0 bridgehead atoms. The van der Waals surface area contributed by atoms with Crippen molar-refractivity contribution in [3.63, 3.8) is 0 Å². The van der Waals surface area contributed by atoms with Crippen LogP contribution in [-0.2, 0) is 9.59 Å². The number of ether oxygens (including phenoxy) is 1. The molecule has 1 amide bonds. The topological polar surface area (TPSA) is 99.4 Å². The van der Waals surface area contributed by atoms with Gasteiger partial charge in [0.1, 0.15) is 10.9 Å². The van der Waals surface area contributed by atoms with Crippen molar-refractivity contribution in [2.45, 2.75) is 25.5 Å². The number of thioether (sulfide) groups is 1. The van der Waals surface area contributed by atoms with Gasteiger partial charge >= 0.3 is 5.97 Å². The molecule has 0 spiro atoms. The third-order valence-corrected chi connectivity index (χ3v) is 5.66. The second-order valence-corrected chi connectivity index (χ2v) is 7.55. The first-order valence-corrected chi connectivity index (χ1v) is 10.4. The lowest BCUT2D eigenvalue weighted by atomic mass is 10.1. The number of amides is 1. The molecule has 0 fully saturated rings. The Labute approximate surface area is 178 Å². The fourth-order valence-electron chi connectivity index (χ4n) is 2.89. The molecule has 8 heteroatoms. The van der Waals surface area contributed by atoms with Crippen molar-refractivity contribution in [1.29, 1.82) is 0 Å². The Morgan fingerprint density at radius 3 is 2.57 bits per heavy atom. The largest absolute Gasteiger partial charge is 0.504 e. The number of anilines is 1. The van der Waals surface area contributed by atoms with Gasteiger partial charge in [-0.05, 0) is 37.6 Å². The van der Waals surface area contributed by atoms with Gasteiger partial charge in [0.2, 0.25) is 0 Å². The summed E-state index contributed by atoms with van der Waals surface area (Å²) in [6.45, 7) is 3.97. The maximum Gasteiger partial charge on any atom is 0.317 e. The predicted molar refractivity (Wildman–Crippen MR) is 118 cm³/mol. The van der Waals surface area contributed by atoms with Gasteiger partial charge < -0.3 is 14.9 Å². The molecule has 1 aliphatic heterocycles. The number of phenolic OH excluding ortho intramolecular Hbond substituents is 1. The number of para-hydroxylation sites is 2. The van der Waals surface area contributed by atoms with Crippen LogP contribution in [0, 0.1) is 0 Å². The standard InChI is InChI=1S/C22H22N2O5S/c1-3-18(21(27)28)30-22-23-16(20(26)24(22)15-10-6-5-7-11-15)13-14-9-8-12-17(19(14)25)29-4-2/h5-13,18,25H,3-4H2,1-2H3,(H,27,28)/b16-13-. The van der Waals surface area contributed by atoms with Gasteiger partial charge in [0, 0.05) is 5.56 Å². The van der Waals surface area contributed by atoms with E-state index in [0.29, 0.717) is 30.0 Å². The molecule has 2 aromatic rings. The molecular weight excluding hydrogens is 404 g/mol. The zero-order valence-electron chi connectivity index (χ0n) is 16.6. The first-order chi connectivity index (χ1) is 14.5. The molecule has 2 N–H and O–H groups in total. The van der Waals surface area contributed by atoms with Crippen molar-refractivity contribution in [2.75, 3.05) is 11.5 Å². The molecule has 7 nitrogen and oxygen atoms in total. The van der Waals surface area contributed by atoms with Gasteiger partial charge in [-0.15, -0.1) is 0 Å². The van der Waals surface area contributed by atoms with Crippen molar-refractivity contribution in [2.24, 2.45) is 4.99 Å². The van der Waals surface area contributed by atoms with Gasteiger partial charge in [-0.3, -0.25) is 14.5 Å². The lowest BCUT2D eigenvalue weighted by Gasteiger charge is -2.19. The van der Waals surface area contributed by atoms with Crippen LogP contribution in [0.15, 0.2) is 59.2 Å². The number of hydrogen-bond donors (Lipinski definition) is 2. The van der Waals surface area contributed by atoms with E-state index < -0.39 is 17.1 Å². The number of aromatic hydroxyl groups is 1. The number of carbonyl (C=O) groups is 2. The van der Waals surface area contributed by atoms with Crippen molar-refractivity contribution >= 4 is 40.6 Å². The number of carbonyl (C=O) groups excluding carboxylic acids is 1. The van der Waals surface area contributed by atoms with E-state index in [9.17, 15) is 19.8 Å². The minimum atomic E-state index is -0.967. The molecule has 0 aliphatic carbocycles. The van der Waals surface area contributed by atoms with E-state index in [1.54, 1.807) is 49.4 Å². The number of phenols is 1. The second-order valence-electron chi connectivity index (χ2n) is 6.38. The average Bonchev–Trinajstić information content (AvgIpc) is 3.04. The Kier molecular flexibility index (Phi) is 6.79. The van der Waals surface area contributed by atoms with Crippen LogP contribution < -0.4 is 9.64 Å².